The van der Waals surface area contributed by atoms with Gasteiger partial charge in [-0.3, -0.25) is 4.68 Å². The predicted octanol–water partition coefficient (Wildman–Crippen LogP) is 3.51. The maximum atomic E-state index is 5.83. The van der Waals surface area contributed by atoms with Gasteiger partial charge in [0.05, 0.1) is 17.8 Å². The molecule has 2 aromatic rings. The minimum atomic E-state index is 0.428. The molecule has 0 bridgehead atoms. The summed E-state index contributed by atoms with van der Waals surface area (Å²) in [5.41, 5.74) is 1.97. The van der Waals surface area contributed by atoms with Crippen molar-refractivity contribution in [1.82, 2.24) is 9.78 Å². The van der Waals surface area contributed by atoms with Crippen LogP contribution in [0.3, 0.4) is 0 Å². The van der Waals surface area contributed by atoms with E-state index in [0.717, 1.165) is 15.6 Å². The van der Waals surface area contributed by atoms with Gasteiger partial charge in [0, 0.05) is 24.7 Å². The van der Waals surface area contributed by atoms with Gasteiger partial charge in [-0.05, 0) is 33.6 Å². The first-order valence-electron chi connectivity index (χ1n) is 5.66. The van der Waals surface area contributed by atoms with E-state index in [1.807, 2.05) is 25.4 Å². The molecule has 19 heavy (non-hydrogen) atoms. The van der Waals surface area contributed by atoms with Gasteiger partial charge in [0.2, 0.25) is 0 Å². The highest BCUT2D eigenvalue weighted by molar-refractivity contribution is 9.10. The Morgan fingerprint density at radius 2 is 2.16 bits per heavy atom. The molecule has 1 aromatic carbocycles. The quantitative estimate of drug-likeness (QED) is 0.778. The Kier molecular flexibility index (Phi) is 4.71. The molecule has 0 aliphatic carbocycles. The van der Waals surface area contributed by atoms with Gasteiger partial charge in [-0.25, -0.2) is 0 Å². The second-order valence-corrected chi connectivity index (χ2v) is 5.18. The molecule has 1 heterocycles. The van der Waals surface area contributed by atoms with Crippen molar-refractivity contribution >= 4 is 27.5 Å². The Labute approximate surface area is 125 Å². The van der Waals surface area contributed by atoms with Crippen molar-refractivity contribution in [2.45, 2.75) is 12.5 Å². The number of ether oxygens (including phenoxy) is 2. The number of hydrogen-bond donors (Lipinski definition) is 0. The molecule has 0 atom stereocenters. The van der Waals surface area contributed by atoms with E-state index < -0.39 is 0 Å². The lowest BCUT2D eigenvalue weighted by Gasteiger charge is -2.13. The van der Waals surface area contributed by atoms with Crippen LogP contribution in [0.2, 0.25) is 0 Å². The van der Waals surface area contributed by atoms with Crippen LogP contribution < -0.4 is 9.47 Å². The number of alkyl halides is 1. The molecular weight excluding hydrogens is 332 g/mol. The number of nitrogens with zero attached hydrogens (tertiary/aromatic N) is 2. The smallest absolute Gasteiger partial charge is 0.175 e. The van der Waals surface area contributed by atoms with Crippen molar-refractivity contribution < 1.29 is 9.47 Å². The van der Waals surface area contributed by atoms with Crippen LogP contribution in [0.5, 0.6) is 11.5 Å². The molecule has 0 radical (unpaired) electrons. The van der Waals surface area contributed by atoms with Crippen LogP contribution in [0.15, 0.2) is 29.0 Å². The topological polar surface area (TPSA) is 36.3 Å². The van der Waals surface area contributed by atoms with Crippen molar-refractivity contribution in [2.24, 2.45) is 7.05 Å². The first kappa shape index (κ1) is 14.2. The third-order valence-corrected chi connectivity index (χ3v) is 3.48. The van der Waals surface area contributed by atoms with Gasteiger partial charge in [-0.15, -0.1) is 11.6 Å². The number of hydrogen-bond acceptors (Lipinski definition) is 3. The molecule has 0 fully saturated rings. The maximum Gasteiger partial charge on any atom is 0.175 e. The lowest BCUT2D eigenvalue weighted by atomic mass is 10.2. The first-order chi connectivity index (χ1) is 9.13. The van der Waals surface area contributed by atoms with E-state index in [-0.39, 0.29) is 0 Å². The van der Waals surface area contributed by atoms with Crippen molar-refractivity contribution in [1.29, 1.82) is 0 Å². The number of aromatic nitrogens is 2. The molecule has 0 saturated heterocycles. The predicted molar refractivity (Wildman–Crippen MR) is 77.8 cm³/mol. The van der Waals surface area contributed by atoms with Crippen LogP contribution in [0.25, 0.3) is 0 Å². The largest absolute Gasteiger partial charge is 0.493 e. The van der Waals surface area contributed by atoms with Gasteiger partial charge in [0.15, 0.2) is 11.5 Å². The second kappa shape index (κ2) is 6.30. The third kappa shape index (κ3) is 3.42. The zero-order valence-corrected chi connectivity index (χ0v) is 13.0. The van der Waals surface area contributed by atoms with Gasteiger partial charge in [0.25, 0.3) is 0 Å². The molecule has 0 aliphatic heterocycles. The highest BCUT2D eigenvalue weighted by Crippen LogP contribution is 2.37. The molecule has 6 heteroatoms. The summed E-state index contributed by atoms with van der Waals surface area (Å²) < 4.78 is 13.7. The van der Waals surface area contributed by atoms with Gasteiger partial charge in [-0.2, -0.15) is 5.10 Å². The molecule has 4 nitrogen and oxygen atoms in total. The van der Waals surface area contributed by atoms with E-state index in [4.69, 9.17) is 21.1 Å². The van der Waals surface area contributed by atoms with Gasteiger partial charge < -0.3 is 9.47 Å². The van der Waals surface area contributed by atoms with E-state index in [2.05, 4.69) is 21.0 Å². The fourth-order valence-corrected chi connectivity index (χ4v) is 2.45. The fraction of sp³-hybridized carbons (Fsp3) is 0.308. The molecule has 2 rings (SSSR count). The van der Waals surface area contributed by atoms with Crippen LogP contribution in [-0.2, 0) is 19.5 Å². The van der Waals surface area contributed by atoms with Crippen LogP contribution in [-0.4, -0.2) is 16.9 Å². The number of halogens is 2. The van der Waals surface area contributed by atoms with Crippen molar-refractivity contribution in [3.63, 3.8) is 0 Å². The van der Waals surface area contributed by atoms with E-state index in [0.29, 0.717) is 24.0 Å². The van der Waals surface area contributed by atoms with Crippen molar-refractivity contribution in [2.75, 3.05) is 7.11 Å². The summed E-state index contributed by atoms with van der Waals surface area (Å²) in [5.74, 6) is 1.76. The Morgan fingerprint density at radius 3 is 2.74 bits per heavy atom. The van der Waals surface area contributed by atoms with Crippen LogP contribution in [0.1, 0.15) is 11.1 Å². The number of benzene rings is 1. The van der Waals surface area contributed by atoms with E-state index in [9.17, 15) is 0 Å². The summed E-state index contributed by atoms with van der Waals surface area (Å²) in [6, 6.07) is 3.80. The second-order valence-electron chi connectivity index (χ2n) is 4.05. The SMILES string of the molecule is COc1cc(CCl)cc(Br)c1OCc1cnn(C)c1. The van der Waals surface area contributed by atoms with Crippen molar-refractivity contribution in [3.05, 3.63) is 40.1 Å². The van der Waals surface area contributed by atoms with Gasteiger partial charge in [0.1, 0.15) is 6.61 Å². The summed E-state index contributed by atoms with van der Waals surface area (Å²) in [4.78, 5) is 0. The lowest BCUT2D eigenvalue weighted by Crippen LogP contribution is -1.98. The van der Waals surface area contributed by atoms with Crippen molar-refractivity contribution in [3.8, 4) is 11.5 Å². The van der Waals surface area contributed by atoms with E-state index in [1.165, 1.54) is 0 Å². The number of aryl methyl sites for hydroxylation is 1. The molecule has 0 N–H and O–H groups in total. The van der Waals surface area contributed by atoms with Crippen LogP contribution in [0, 0.1) is 0 Å². The summed E-state index contributed by atoms with van der Waals surface area (Å²) in [6.07, 6.45) is 3.68. The fourth-order valence-electron chi connectivity index (χ4n) is 1.69. The molecule has 0 amide bonds. The zero-order valence-electron chi connectivity index (χ0n) is 10.7. The van der Waals surface area contributed by atoms with E-state index in [1.54, 1.807) is 18.0 Å². The van der Waals surface area contributed by atoms with Crippen LogP contribution in [0.4, 0.5) is 0 Å². The number of methoxy groups -OCH3 is 1. The van der Waals surface area contributed by atoms with Crippen LogP contribution >= 0.6 is 27.5 Å². The average molecular weight is 346 g/mol. The van der Waals surface area contributed by atoms with Gasteiger partial charge >= 0.3 is 0 Å². The summed E-state index contributed by atoms with van der Waals surface area (Å²) >= 11 is 9.30. The molecule has 0 unspecified atom stereocenters. The Hall–Kier alpha value is -1.20. The third-order valence-electron chi connectivity index (χ3n) is 2.59. The van der Waals surface area contributed by atoms with E-state index >= 15 is 0 Å². The minimum Gasteiger partial charge on any atom is -0.493 e. The summed E-state index contributed by atoms with van der Waals surface area (Å²) in [6.45, 7) is 0.434. The first-order valence-corrected chi connectivity index (χ1v) is 6.99. The lowest BCUT2D eigenvalue weighted by molar-refractivity contribution is 0.282. The highest BCUT2D eigenvalue weighted by atomic mass is 79.9. The van der Waals surface area contributed by atoms with Gasteiger partial charge in [-0.1, -0.05) is 0 Å². The standard InChI is InChI=1S/C13H14BrClN2O2/c1-17-7-10(6-16-17)8-19-13-11(14)3-9(5-15)4-12(13)18-2/h3-4,6-7H,5,8H2,1-2H3. The molecule has 0 aliphatic rings. The molecule has 1 aromatic heterocycles. The minimum absolute atomic E-state index is 0.428. The molecule has 0 spiro atoms. The highest BCUT2D eigenvalue weighted by Gasteiger charge is 2.12. The normalized spacial score (nSPS) is 10.5. The molecule has 102 valence electrons. The average Bonchev–Trinajstić information content (AvgIpc) is 2.82. The summed E-state index contributed by atoms with van der Waals surface area (Å²) in [5, 5.41) is 4.10. The monoisotopic (exact) mass is 344 g/mol. The maximum absolute atomic E-state index is 5.83. The Morgan fingerprint density at radius 1 is 1.37 bits per heavy atom. The summed E-state index contributed by atoms with van der Waals surface area (Å²) in [7, 11) is 3.48. The Balaban J connectivity index is 2.19. The molecule has 0 saturated carbocycles. The number of rotatable bonds is 5. The zero-order chi connectivity index (χ0) is 13.8. The molecular formula is C13H14BrClN2O2. The Bertz CT molecular complexity index is 572.